The Labute approximate surface area is 219 Å². The maximum Gasteiger partial charge on any atom is 0.338 e. The van der Waals surface area contributed by atoms with Gasteiger partial charge >= 0.3 is 11.9 Å². The fourth-order valence-electron chi connectivity index (χ4n) is 4.11. The zero-order valence-corrected chi connectivity index (χ0v) is 21.9. The van der Waals surface area contributed by atoms with Crippen molar-refractivity contribution in [1.29, 1.82) is 0 Å². The highest BCUT2D eigenvalue weighted by atomic mass is 32.1. The number of ether oxygens (including phenoxy) is 2. The van der Waals surface area contributed by atoms with E-state index in [0.29, 0.717) is 37.7 Å². The van der Waals surface area contributed by atoms with Crippen LogP contribution in [0.5, 0.6) is 0 Å². The topological polar surface area (TPSA) is 100 Å². The number of rotatable bonds is 6. The second-order valence-electron chi connectivity index (χ2n) is 8.09. The van der Waals surface area contributed by atoms with E-state index in [0.717, 1.165) is 10.4 Å². The number of carbonyl (C=O) groups is 2. The summed E-state index contributed by atoms with van der Waals surface area (Å²) in [5.41, 5.74) is 1.84. The first-order valence-corrected chi connectivity index (χ1v) is 13.1. The van der Waals surface area contributed by atoms with E-state index in [1.54, 1.807) is 60.9 Å². The summed E-state index contributed by atoms with van der Waals surface area (Å²) in [7, 11) is 1.33. The van der Waals surface area contributed by atoms with Crippen LogP contribution in [0, 0.1) is 0 Å². The molecule has 1 unspecified atom stereocenters. The van der Waals surface area contributed by atoms with E-state index < -0.39 is 18.0 Å². The van der Waals surface area contributed by atoms with E-state index in [1.807, 2.05) is 17.5 Å². The van der Waals surface area contributed by atoms with Gasteiger partial charge in [0.05, 0.1) is 35.1 Å². The number of hydrogen-bond acceptors (Lipinski definition) is 9. The molecule has 3 aromatic heterocycles. The molecular formula is C27H22N2O6S2. The number of aromatic nitrogens is 1. The summed E-state index contributed by atoms with van der Waals surface area (Å²) in [6.07, 6.45) is 1.67. The molecule has 0 saturated heterocycles. The zero-order valence-electron chi connectivity index (χ0n) is 20.2. The van der Waals surface area contributed by atoms with Crippen molar-refractivity contribution in [2.75, 3.05) is 13.7 Å². The summed E-state index contributed by atoms with van der Waals surface area (Å²) >= 11 is 2.70. The summed E-state index contributed by atoms with van der Waals surface area (Å²) in [5.74, 6) is 0.188. The Balaban J connectivity index is 1.55. The minimum Gasteiger partial charge on any atom is -0.465 e. The average Bonchev–Trinajstić information content (AvgIpc) is 3.65. The molecule has 0 fully saturated rings. The van der Waals surface area contributed by atoms with Crippen molar-refractivity contribution in [3.05, 3.63) is 101 Å². The third kappa shape index (κ3) is 4.61. The molecule has 0 bridgehead atoms. The van der Waals surface area contributed by atoms with Crippen LogP contribution in [0.4, 0.5) is 0 Å². The summed E-state index contributed by atoms with van der Waals surface area (Å²) in [4.78, 5) is 44.0. The van der Waals surface area contributed by atoms with Crippen LogP contribution in [0.15, 0.2) is 79.4 Å². The molecule has 1 aliphatic heterocycles. The Morgan fingerprint density at radius 2 is 1.92 bits per heavy atom. The molecule has 0 spiro atoms. The van der Waals surface area contributed by atoms with Crippen LogP contribution in [0.25, 0.3) is 17.4 Å². The predicted molar refractivity (Wildman–Crippen MR) is 140 cm³/mol. The number of furan rings is 1. The highest BCUT2D eigenvalue weighted by Crippen LogP contribution is 2.33. The fraction of sp³-hybridized carbons (Fsp3) is 0.185. The van der Waals surface area contributed by atoms with Gasteiger partial charge in [0.15, 0.2) is 4.80 Å². The van der Waals surface area contributed by atoms with Gasteiger partial charge < -0.3 is 13.9 Å². The lowest BCUT2D eigenvalue weighted by atomic mass is 10.0. The van der Waals surface area contributed by atoms with Crippen molar-refractivity contribution in [3.63, 3.8) is 0 Å². The third-order valence-electron chi connectivity index (χ3n) is 5.82. The standard InChI is InChI=1S/C27H22N2O6S2/c1-4-34-26(32)22-15(2)28-27-29(23(22)20-6-5-13-36-20)24(30)21(37-27)14-18-11-12-19(35-18)16-7-9-17(10-8-16)25(31)33-3/h5-14,23H,4H2,1-3H3. The number of hydrogen-bond donors (Lipinski definition) is 0. The number of nitrogens with zero attached hydrogens (tertiary/aromatic N) is 2. The molecule has 1 aromatic carbocycles. The van der Waals surface area contributed by atoms with Crippen LogP contribution >= 0.6 is 22.7 Å². The monoisotopic (exact) mass is 534 g/mol. The first kappa shape index (κ1) is 24.7. The lowest BCUT2D eigenvalue weighted by Crippen LogP contribution is -2.39. The molecule has 1 aliphatic rings. The van der Waals surface area contributed by atoms with Gasteiger partial charge in [-0.1, -0.05) is 29.5 Å². The van der Waals surface area contributed by atoms with Crippen molar-refractivity contribution < 1.29 is 23.5 Å². The molecule has 0 saturated carbocycles. The van der Waals surface area contributed by atoms with Gasteiger partial charge in [0, 0.05) is 16.5 Å². The van der Waals surface area contributed by atoms with Gasteiger partial charge in [-0.25, -0.2) is 14.6 Å². The van der Waals surface area contributed by atoms with Crippen molar-refractivity contribution in [3.8, 4) is 11.3 Å². The van der Waals surface area contributed by atoms with Gasteiger partial charge in [-0.15, -0.1) is 11.3 Å². The van der Waals surface area contributed by atoms with Crippen molar-refractivity contribution in [2.24, 2.45) is 4.99 Å². The maximum absolute atomic E-state index is 13.6. The lowest BCUT2D eigenvalue weighted by molar-refractivity contribution is -0.139. The third-order valence-corrected chi connectivity index (χ3v) is 7.73. The minimum atomic E-state index is -0.613. The molecule has 4 heterocycles. The Morgan fingerprint density at radius 1 is 1.14 bits per heavy atom. The maximum atomic E-state index is 13.6. The fourth-order valence-corrected chi connectivity index (χ4v) is 5.96. The largest absolute Gasteiger partial charge is 0.465 e. The van der Waals surface area contributed by atoms with E-state index in [4.69, 9.17) is 13.9 Å². The number of benzene rings is 1. The number of thiazole rings is 1. The molecule has 10 heteroatoms. The highest BCUT2D eigenvalue weighted by molar-refractivity contribution is 7.10. The van der Waals surface area contributed by atoms with E-state index in [-0.39, 0.29) is 12.2 Å². The molecule has 188 valence electrons. The number of allylic oxidation sites excluding steroid dienone is 1. The van der Waals surface area contributed by atoms with Gasteiger partial charge in [-0.3, -0.25) is 9.36 Å². The molecule has 0 N–H and O–H groups in total. The molecule has 37 heavy (non-hydrogen) atoms. The van der Waals surface area contributed by atoms with Gasteiger partial charge in [0.2, 0.25) is 0 Å². The van der Waals surface area contributed by atoms with E-state index >= 15 is 0 Å². The van der Waals surface area contributed by atoms with Crippen molar-refractivity contribution in [1.82, 2.24) is 4.57 Å². The second kappa shape index (κ2) is 10.2. The van der Waals surface area contributed by atoms with Gasteiger partial charge in [-0.2, -0.15) is 0 Å². The molecule has 8 nitrogen and oxygen atoms in total. The Morgan fingerprint density at radius 3 is 2.59 bits per heavy atom. The molecule has 0 radical (unpaired) electrons. The first-order chi connectivity index (χ1) is 17.9. The number of carbonyl (C=O) groups excluding carboxylic acids is 2. The van der Waals surface area contributed by atoms with Gasteiger partial charge in [0.1, 0.15) is 17.6 Å². The zero-order chi connectivity index (χ0) is 26.1. The van der Waals surface area contributed by atoms with Crippen LogP contribution in [-0.4, -0.2) is 30.2 Å². The summed E-state index contributed by atoms with van der Waals surface area (Å²) in [5, 5.41) is 1.91. The average molecular weight is 535 g/mol. The summed E-state index contributed by atoms with van der Waals surface area (Å²) < 4.78 is 18.0. The van der Waals surface area contributed by atoms with Crippen molar-refractivity contribution in [2.45, 2.75) is 19.9 Å². The van der Waals surface area contributed by atoms with Crippen molar-refractivity contribution >= 4 is 40.7 Å². The molecule has 1 atom stereocenters. The van der Waals surface area contributed by atoms with E-state index in [1.165, 1.54) is 29.8 Å². The van der Waals surface area contributed by atoms with Crippen LogP contribution in [-0.2, 0) is 14.3 Å². The normalized spacial score (nSPS) is 15.3. The summed E-state index contributed by atoms with van der Waals surface area (Å²) in [6, 6.07) is 13.6. The van der Waals surface area contributed by atoms with Gasteiger partial charge in [-0.05, 0) is 49.6 Å². The minimum absolute atomic E-state index is 0.226. The Kier molecular flexibility index (Phi) is 6.77. The molecule has 0 amide bonds. The number of fused-ring (bicyclic) bond motifs is 1. The quantitative estimate of drug-likeness (QED) is 0.348. The van der Waals surface area contributed by atoms with E-state index in [2.05, 4.69) is 4.99 Å². The molecule has 5 rings (SSSR count). The second-order valence-corrected chi connectivity index (χ2v) is 10.1. The van der Waals surface area contributed by atoms with Crippen LogP contribution in [0.2, 0.25) is 0 Å². The Bertz CT molecular complexity index is 1690. The Hall–Kier alpha value is -4.02. The number of esters is 2. The molecule has 0 aliphatic carbocycles. The molecular weight excluding hydrogens is 512 g/mol. The summed E-state index contributed by atoms with van der Waals surface area (Å²) in [6.45, 7) is 3.73. The predicted octanol–water partition coefficient (Wildman–Crippen LogP) is 3.91. The molecule has 4 aromatic rings. The first-order valence-electron chi connectivity index (χ1n) is 11.4. The highest BCUT2D eigenvalue weighted by Gasteiger charge is 2.33. The van der Waals surface area contributed by atoms with Crippen LogP contribution < -0.4 is 14.9 Å². The van der Waals surface area contributed by atoms with Crippen LogP contribution in [0.1, 0.15) is 40.9 Å². The number of thiophene rings is 1. The SMILES string of the molecule is CCOC(=O)C1=C(C)N=c2sc(=Cc3ccc(-c4ccc(C(=O)OC)cc4)o3)c(=O)n2C1c1cccs1. The number of methoxy groups -OCH3 is 1. The van der Waals surface area contributed by atoms with E-state index in [9.17, 15) is 14.4 Å². The van der Waals surface area contributed by atoms with Gasteiger partial charge in [0.25, 0.3) is 5.56 Å². The smallest absolute Gasteiger partial charge is 0.338 e. The lowest BCUT2D eigenvalue weighted by Gasteiger charge is -2.23. The van der Waals surface area contributed by atoms with Crippen LogP contribution in [0.3, 0.4) is 0 Å².